The summed E-state index contributed by atoms with van der Waals surface area (Å²) >= 11 is 5.91. The molecule has 0 bridgehead atoms. The topological polar surface area (TPSA) is 70.1 Å². The molecule has 2 amide bonds. The van der Waals surface area contributed by atoms with E-state index in [1.54, 1.807) is 36.2 Å². The first-order valence-electron chi connectivity index (χ1n) is 10.0. The molecule has 30 heavy (non-hydrogen) atoms. The number of amides is 2. The fraction of sp³-hybridized carbons (Fsp3) is 0.391. The highest BCUT2D eigenvalue weighted by atomic mass is 35.5. The molecule has 0 spiro atoms. The molecular formula is C23H27ClN2O4. The molecule has 1 heterocycles. The fourth-order valence-electron chi connectivity index (χ4n) is 3.84. The van der Waals surface area contributed by atoms with Gasteiger partial charge in [-0.2, -0.15) is 10.0 Å². The monoisotopic (exact) mass is 430 g/mol. The third-order valence-electron chi connectivity index (χ3n) is 5.43. The Kier molecular flexibility index (Phi) is 6.81. The van der Waals surface area contributed by atoms with Crippen molar-refractivity contribution < 1.29 is 19.4 Å². The number of rotatable bonds is 5. The average Bonchev–Trinajstić information content (AvgIpc) is 2.74. The summed E-state index contributed by atoms with van der Waals surface area (Å²) in [6.07, 6.45) is -2.32. The maximum Gasteiger partial charge on any atom is 0.432 e. The highest BCUT2D eigenvalue weighted by Gasteiger charge is 2.46. The first-order valence-corrected chi connectivity index (χ1v) is 10.4. The maximum absolute atomic E-state index is 13.3. The summed E-state index contributed by atoms with van der Waals surface area (Å²) in [7, 11) is 0. The van der Waals surface area contributed by atoms with E-state index in [9.17, 15) is 14.7 Å². The van der Waals surface area contributed by atoms with Crippen molar-refractivity contribution in [1.29, 1.82) is 0 Å². The second-order valence-corrected chi connectivity index (χ2v) is 8.30. The summed E-state index contributed by atoms with van der Waals surface area (Å²) in [5.41, 5.74) is 1.42. The Bertz CT molecular complexity index is 888. The van der Waals surface area contributed by atoms with Crippen LogP contribution in [0.5, 0.6) is 0 Å². The van der Waals surface area contributed by atoms with Crippen LogP contribution in [0.1, 0.15) is 51.0 Å². The van der Waals surface area contributed by atoms with Crippen LogP contribution in [0.25, 0.3) is 0 Å². The van der Waals surface area contributed by atoms with E-state index in [0.717, 1.165) is 10.6 Å². The molecule has 6 nitrogen and oxygen atoms in total. The van der Waals surface area contributed by atoms with Gasteiger partial charge in [0.05, 0.1) is 18.1 Å². The predicted molar refractivity (Wildman–Crippen MR) is 115 cm³/mol. The van der Waals surface area contributed by atoms with Gasteiger partial charge in [0, 0.05) is 11.1 Å². The number of hydrogen-bond donors (Lipinski definition) is 1. The van der Waals surface area contributed by atoms with Crippen LogP contribution >= 0.6 is 11.6 Å². The molecule has 1 aliphatic rings. The Hall–Kier alpha value is -2.41. The molecule has 1 fully saturated rings. The largest absolute Gasteiger partial charge is 0.438 e. The van der Waals surface area contributed by atoms with E-state index in [1.807, 2.05) is 51.1 Å². The standard InChI is InChI=1S/C23H27ClN2O4/c1-14(2)25-16(4)21(18-8-6-5-7-9-18)30-23(29)26(25)22(28)15(3)20(27)17-10-12-19(24)13-11-17/h5-16,20-21,27H,1-4H3/t15-,16-,20-,21-/m0/s1. The van der Waals surface area contributed by atoms with E-state index < -0.39 is 30.1 Å². The lowest BCUT2D eigenvalue weighted by Crippen LogP contribution is -2.63. The highest BCUT2D eigenvalue weighted by molar-refractivity contribution is 6.30. The minimum absolute atomic E-state index is 0.136. The molecule has 0 saturated carbocycles. The van der Waals surface area contributed by atoms with Crippen LogP contribution in [0, 0.1) is 5.92 Å². The van der Waals surface area contributed by atoms with E-state index in [2.05, 4.69) is 0 Å². The Morgan fingerprint density at radius 2 is 1.67 bits per heavy atom. The molecule has 2 aromatic rings. The van der Waals surface area contributed by atoms with Gasteiger partial charge in [0.25, 0.3) is 5.91 Å². The van der Waals surface area contributed by atoms with E-state index >= 15 is 0 Å². The summed E-state index contributed by atoms with van der Waals surface area (Å²) in [6, 6.07) is 15.7. The lowest BCUT2D eigenvalue weighted by atomic mass is 9.96. The second kappa shape index (κ2) is 9.16. The zero-order chi connectivity index (χ0) is 22.0. The normalized spacial score (nSPS) is 22.0. The second-order valence-electron chi connectivity index (χ2n) is 7.86. The number of hydrogen-bond acceptors (Lipinski definition) is 5. The Morgan fingerprint density at radius 1 is 1.07 bits per heavy atom. The van der Waals surface area contributed by atoms with E-state index in [4.69, 9.17) is 16.3 Å². The Labute approximate surface area is 182 Å². The van der Waals surface area contributed by atoms with Crippen LogP contribution < -0.4 is 0 Å². The number of cyclic esters (lactones) is 1. The minimum atomic E-state index is -1.08. The van der Waals surface area contributed by atoms with Gasteiger partial charge >= 0.3 is 6.09 Å². The van der Waals surface area contributed by atoms with Crippen LogP contribution in [-0.2, 0) is 9.53 Å². The van der Waals surface area contributed by atoms with E-state index in [0.29, 0.717) is 10.6 Å². The number of imide groups is 1. The van der Waals surface area contributed by atoms with Crippen molar-refractivity contribution in [2.45, 2.75) is 52.0 Å². The van der Waals surface area contributed by atoms with Crippen LogP contribution in [0.3, 0.4) is 0 Å². The average molecular weight is 431 g/mol. The number of carbonyl (C=O) groups is 2. The lowest BCUT2D eigenvalue weighted by molar-refractivity contribution is -0.181. The minimum Gasteiger partial charge on any atom is -0.438 e. The van der Waals surface area contributed by atoms with Crippen molar-refractivity contribution in [3.63, 3.8) is 0 Å². The summed E-state index contributed by atoms with van der Waals surface area (Å²) in [5, 5.41) is 14.0. The van der Waals surface area contributed by atoms with Crippen molar-refractivity contribution >= 4 is 23.6 Å². The van der Waals surface area contributed by atoms with Gasteiger partial charge in [-0.3, -0.25) is 4.79 Å². The van der Waals surface area contributed by atoms with Gasteiger partial charge in [0.2, 0.25) is 0 Å². The molecule has 0 aromatic heterocycles. The lowest BCUT2D eigenvalue weighted by Gasteiger charge is -2.47. The molecule has 2 aromatic carbocycles. The number of hydrazine groups is 1. The number of benzene rings is 2. The maximum atomic E-state index is 13.3. The van der Waals surface area contributed by atoms with Gasteiger partial charge in [-0.1, -0.05) is 61.0 Å². The number of halogens is 1. The Morgan fingerprint density at radius 3 is 2.23 bits per heavy atom. The molecule has 4 atom stereocenters. The van der Waals surface area contributed by atoms with Crippen molar-refractivity contribution in [1.82, 2.24) is 10.0 Å². The molecule has 0 aliphatic carbocycles. The van der Waals surface area contributed by atoms with Crippen molar-refractivity contribution in [3.8, 4) is 0 Å². The third kappa shape index (κ3) is 4.36. The van der Waals surface area contributed by atoms with E-state index in [-0.39, 0.29) is 12.1 Å². The summed E-state index contributed by atoms with van der Waals surface area (Å²) in [6.45, 7) is 7.35. The van der Waals surface area contributed by atoms with Crippen LogP contribution in [0.2, 0.25) is 5.02 Å². The molecule has 7 heteroatoms. The number of ether oxygens (including phenoxy) is 1. The van der Waals surface area contributed by atoms with Crippen molar-refractivity contribution in [3.05, 3.63) is 70.7 Å². The molecule has 1 saturated heterocycles. The smallest absolute Gasteiger partial charge is 0.432 e. The number of aliphatic hydroxyl groups is 1. The van der Waals surface area contributed by atoms with Gasteiger partial charge in [-0.15, -0.1) is 0 Å². The van der Waals surface area contributed by atoms with Crippen LogP contribution in [-0.4, -0.2) is 39.2 Å². The molecular weight excluding hydrogens is 404 g/mol. The van der Waals surface area contributed by atoms with Crippen molar-refractivity contribution in [2.75, 3.05) is 0 Å². The Balaban J connectivity index is 1.87. The molecule has 0 radical (unpaired) electrons. The summed E-state index contributed by atoms with van der Waals surface area (Å²) in [4.78, 5) is 26.2. The van der Waals surface area contributed by atoms with E-state index in [1.165, 1.54) is 0 Å². The van der Waals surface area contributed by atoms with Crippen molar-refractivity contribution in [2.24, 2.45) is 5.92 Å². The first-order chi connectivity index (χ1) is 14.2. The number of carbonyl (C=O) groups excluding carboxylic acids is 2. The number of nitrogens with zero attached hydrogens (tertiary/aromatic N) is 2. The first kappa shape index (κ1) is 22.3. The molecule has 160 valence electrons. The van der Waals surface area contributed by atoms with Gasteiger partial charge in [-0.25, -0.2) is 4.79 Å². The molecule has 0 unspecified atom stereocenters. The van der Waals surface area contributed by atoms with Gasteiger partial charge in [0.15, 0.2) is 0 Å². The highest BCUT2D eigenvalue weighted by Crippen LogP contribution is 2.35. The summed E-state index contributed by atoms with van der Waals surface area (Å²) in [5.74, 6) is -1.38. The van der Waals surface area contributed by atoms with Gasteiger partial charge < -0.3 is 9.84 Å². The van der Waals surface area contributed by atoms with Crippen LogP contribution in [0.15, 0.2) is 54.6 Å². The fourth-order valence-corrected chi connectivity index (χ4v) is 3.97. The number of aliphatic hydroxyl groups excluding tert-OH is 1. The predicted octanol–water partition coefficient (Wildman–Crippen LogP) is 4.74. The third-order valence-corrected chi connectivity index (χ3v) is 5.68. The van der Waals surface area contributed by atoms with Gasteiger partial charge in [-0.05, 0) is 44.0 Å². The van der Waals surface area contributed by atoms with Crippen LogP contribution in [0.4, 0.5) is 4.79 Å². The zero-order valence-electron chi connectivity index (χ0n) is 17.5. The molecule has 1 N–H and O–H groups in total. The molecule has 1 aliphatic heterocycles. The molecule has 3 rings (SSSR count). The van der Waals surface area contributed by atoms with Gasteiger partial charge in [0.1, 0.15) is 6.10 Å². The zero-order valence-corrected chi connectivity index (χ0v) is 18.3. The SMILES string of the molecule is CC(C)N1[C@@H](C)[C@@H](c2ccccc2)OC(=O)N1C(=O)[C@@H](C)[C@H](O)c1ccc(Cl)cc1. The summed E-state index contributed by atoms with van der Waals surface area (Å²) < 4.78 is 5.68. The quantitative estimate of drug-likeness (QED) is 0.741.